The number of rotatable bonds is 6. The first-order valence-corrected chi connectivity index (χ1v) is 7.59. The Morgan fingerprint density at radius 3 is 2.57 bits per heavy atom. The van der Waals surface area contributed by atoms with Crippen LogP contribution < -0.4 is 20.7 Å². The SMILES string of the molecule is COc1ccc(C(=O)NCCNC(=O)[C@@H]2CCCNC2=O)cc1. The molecule has 0 aromatic heterocycles. The average Bonchev–Trinajstić information content (AvgIpc) is 2.58. The molecule has 1 aromatic rings. The summed E-state index contributed by atoms with van der Waals surface area (Å²) in [7, 11) is 1.56. The Morgan fingerprint density at radius 1 is 1.22 bits per heavy atom. The fourth-order valence-electron chi connectivity index (χ4n) is 2.35. The van der Waals surface area contributed by atoms with Crippen LogP contribution in [0.2, 0.25) is 0 Å². The molecule has 23 heavy (non-hydrogen) atoms. The number of hydrogen-bond acceptors (Lipinski definition) is 4. The molecule has 7 nitrogen and oxygen atoms in total. The molecule has 0 unspecified atom stereocenters. The summed E-state index contributed by atoms with van der Waals surface area (Å²) in [5.41, 5.74) is 0.517. The lowest BCUT2D eigenvalue weighted by atomic mass is 9.98. The Morgan fingerprint density at radius 2 is 1.91 bits per heavy atom. The van der Waals surface area contributed by atoms with Gasteiger partial charge in [0.15, 0.2) is 0 Å². The van der Waals surface area contributed by atoms with E-state index in [1.165, 1.54) is 0 Å². The van der Waals surface area contributed by atoms with E-state index in [-0.39, 0.29) is 24.3 Å². The number of piperidine rings is 1. The van der Waals surface area contributed by atoms with Crippen molar-refractivity contribution >= 4 is 17.7 Å². The number of benzene rings is 1. The van der Waals surface area contributed by atoms with Crippen LogP contribution >= 0.6 is 0 Å². The number of carbonyl (C=O) groups is 3. The molecule has 1 atom stereocenters. The van der Waals surface area contributed by atoms with Crippen LogP contribution in [0.15, 0.2) is 24.3 Å². The number of methoxy groups -OCH3 is 1. The summed E-state index contributed by atoms with van der Waals surface area (Å²) in [6.07, 6.45) is 1.37. The fraction of sp³-hybridized carbons (Fsp3) is 0.438. The molecular weight excluding hydrogens is 298 g/mol. The van der Waals surface area contributed by atoms with Crippen LogP contribution in [-0.2, 0) is 9.59 Å². The summed E-state index contributed by atoms with van der Waals surface area (Å²) < 4.78 is 5.03. The van der Waals surface area contributed by atoms with Gasteiger partial charge in [-0.15, -0.1) is 0 Å². The largest absolute Gasteiger partial charge is 0.497 e. The monoisotopic (exact) mass is 319 g/mol. The first-order valence-electron chi connectivity index (χ1n) is 7.59. The van der Waals surface area contributed by atoms with Crippen molar-refractivity contribution in [1.29, 1.82) is 0 Å². The van der Waals surface area contributed by atoms with Crippen molar-refractivity contribution in [3.63, 3.8) is 0 Å². The predicted molar refractivity (Wildman–Crippen MR) is 84.1 cm³/mol. The Kier molecular flexibility index (Phi) is 5.96. The third kappa shape index (κ3) is 4.70. The molecule has 1 saturated heterocycles. The molecule has 2 rings (SSSR count). The van der Waals surface area contributed by atoms with E-state index in [4.69, 9.17) is 4.74 Å². The highest BCUT2D eigenvalue weighted by Crippen LogP contribution is 2.11. The van der Waals surface area contributed by atoms with E-state index in [1.54, 1.807) is 31.4 Å². The molecule has 1 aromatic carbocycles. The molecule has 0 saturated carbocycles. The van der Waals surface area contributed by atoms with E-state index < -0.39 is 5.92 Å². The van der Waals surface area contributed by atoms with Crippen LogP contribution in [0.5, 0.6) is 5.75 Å². The Balaban J connectivity index is 1.70. The van der Waals surface area contributed by atoms with Crippen molar-refractivity contribution in [2.24, 2.45) is 5.92 Å². The second kappa shape index (κ2) is 8.17. The van der Waals surface area contributed by atoms with Crippen LogP contribution in [0.3, 0.4) is 0 Å². The van der Waals surface area contributed by atoms with Crippen LogP contribution in [0.25, 0.3) is 0 Å². The summed E-state index contributed by atoms with van der Waals surface area (Å²) >= 11 is 0. The molecule has 3 N–H and O–H groups in total. The molecule has 1 aliphatic heterocycles. The molecular formula is C16H21N3O4. The predicted octanol–water partition coefficient (Wildman–Crippen LogP) is 0.0674. The van der Waals surface area contributed by atoms with Crippen molar-refractivity contribution in [1.82, 2.24) is 16.0 Å². The van der Waals surface area contributed by atoms with Crippen molar-refractivity contribution < 1.29 is 19.1 Å². The second-order valence-corrected chi connectivity index (χ2v) is 5.26. The van der Waals surface area contributed by atoms with Gasteiger partial charge in [0.25, 0.3) is 5.91 Å². The average molecular weight is 319 g/mol. The number of carbonyl (C=O) groups excluding carboxylic acids is 3. The molecule has 7 heteroatoms. The number of nitrogens with one attached hydrogen (secondary N) is 3. The van der Waals surface area contributed by atoms with E-state index in [0.29, 0.717) is 30.8 Å². The van der Waals surface area contributed by atoms with Gasteiger partial charge >= 0.3 is 0 Å². The lowest BCUT2D eigenvalue weighted by Crippen LogP contribution is -2.46. The van der Waals surface area contributed by atoms with Gasteiger partial charge < -0.3 is 20.7 Å². The zero-order valence-electron chi connectivity index (χ0n) is 13.1. The lowest BCUT2D eigenvalue weighted by Gasteiger charge is -2.21. The minimum atomic E-state index is -0.624. The third-order valence-electron chi connectivity index (χ3n) is 3.66. The Hall–Kier alpha value is -2.57. The van der Waals surface area contributed by atoms with Gasteiger partial charge in [-0.3, -0.25) is 14.4 Å². The van der Waals surface area contributed by atoms with Crippen LogP contribution in [-0.4, -0.2) is 44.5 Å². The normalized spacial score (nSPS) is 17.1. The quantitative estimate of drug-likeness (QED) is 0.510. The molecule has 1 aliphatic rings. The van der Waals surface area contributed by atoms with Crippen LogP contribution in [0, 0.1) is 5.92 Å². The van der Waals surface area contributed by atoms with E-state index in [2.05, 4.69) is 16.0 Å². The summed E-state index contributed by atoms with van der Waals surface area (Å²) in [5.74, 6) is -0.685. The molecule has 1 heterocycles. The summed E-state index contributed by atoms with van der Waals surface area (Å²) in [4.78, 5) is 35.4. The third-order valence-corrected chi connectivity index (χ3v) is 3.66. The Labute approximate surface area is 134 Å². The van der Waals surface area contributed by atoms with Crippen molar-refractivity contribution in [2.75, 3.05) is 26.7 Å². The van der Waals surface area contributed by atoms with Gasteiger partial charge in [0.1, 0.15) is 11.7 Å². The topological polar surface area (TPSA) is 96.5 Å². The highest BCUT2D eigenvalue weighted by Gasteiger charge is 2.28. The highest BCUT2D eigenvalue weighted by molar-refractivity contribution is 6.00. The van der Waals surface area contributed by atoms with E-state index in [9.17, 15) is 14.4 Å². The fourth-order valence-corrected chi connectivity index (χ4v) is 2.35. The van der Waals surface area contributed by atoms with Gasteiger partial charge in [-0.25, -0.2) is 0 Å². The van der Waals surface area contributed by atoms with Gasteiger partial charge in [-0.05, 0) is 37.1 Å². The maximum atomic E-state index is 11.9. The maximum absolute atomic E-state index is 11.9. The molecule has 1 fully saturated rings. The molecule has 0 spiro atoms. The van der Waals surface area contributed by atoms with E-state index in [1.807, 2.05) is 0 Å². The first-order chi connectivity index (χ1) is 11.1. The van der Waals surface area contributed by atoms with Gasteiger partial charge in [0.05, 0.1) is 7.11 Å². The molecule has 3 amide bonds. The van der Waals surface area contributed by atoms with Crippen LogP contribution in [0.1, 0.15) is 23.2 Å². The first kappa shape index (κ1) is 16.8. The zero-order valence-corrected chi connectivity index (χ0v) is 13.1. The van der Waals surface area contributed by atoms with Gasteiger partial charge in [-0.1, -0.05) is 0 Å². The molecule has 0 aliphatic carbocycles. The maximum Gasteiger partial charge on any atom is 0.251 e. The smallest absolute Gasteiger partial charge is 0.251 e. The minimum absolute atomic E-state index is 0.225. The summed E-state index contributed by atoms with van der Waals surface area (Å²) in [6, 6.07) is 6.75. The molecule has 0 radical (unpaired) electrons. The zero-order chi connectivity index (χ0) is 16.7. The number of amides is 3. The van der Waals surface area contributed by atoms with Crippen molar-refractivity contribution in [3.05, 3.63) is 29.8 Å². The number of ether oxygens (including phenoxy) is 1. The second-order valence-electron chi connectivity index (χ2n) is 5.26. The van der Waals surface area contributed by atoms with E-state index >= 15 is 0 Å². The van der Waals surface area contributed by atoms with Gasteiger partial charge in [0, 0.05) is 25.2 Å². The van der Waals surface area contributed by atoms with Crippen molar-refractivity contribution in [3.8, 4) is 5.75 Å². The lowest BCUT2D eigenvalue weighted by molar-refractivity contribution is -0.136. The Bertz CT molecular complexity index is 571. The molecule has 124 valence electrons. The summed E-state index contributed by atoms with van der Waals surface area (Å²) in [6.45, 7) is 1.20. The minimum Gasteiger partial charge on any atom is -0.497 e. The van der Waals surface area contributed by atoms with Crippen LogP contribution in [0.4, 0.5) is 0 Å². The van der Waals surface area contributed by atoms with Gasteiger partial charge in [0.2, 0.25) is 11.8 Å². The number of hydrogen-bond donors (Lipinski definition) is 3. The van der Waals surface area contributed by atoms with Crippen molar-refractivity contribution in [2.45, 2.75) is 12.8 Å². The van der Waals surface area contributed by atoms with Gasteiger partial charge in [-0.2, -0.15) is 0 Å². The molecule has 0 bridgehead atoms. The standard InChI is InChI=1S/C16H21N3O4/c1-23-12-6-4-11(5-7-12)14(20)18-9-10-19-16(22)13-3-2-8-17-15(13)21/h4-7,13H,2-3,8-10H2,1H3,(H,17,21)(H,18,20)(H,19,22)/t13-/m1/s1. The van der Waals surface area contributed by atoms with E-state index in [0.717, 1.165) is 6.42 Å². The summed E-state index contributed by atoms with van der Waals surface area (Å²) in [5, 5.41) is 8.06. The highest BCUT2D eigenvalue weighted by atomic mass is 16.5.